The number of nitrogens with zero attached hydrogens (tertiary/aromatic N) is 1. The van der Waals surface area contributed by atoms with Gasteiger partial charge in [-0.05, 0) is 24.1 Å². The van der Waals surface area contributed by atoms with Crippen LogP contribution in [0.25, 0.3) is 0 Å². The number of terminal acetylenes is 1. The highest BCUT2D eigenvalue weighted by Crippen LogP contribution is 2.25. The van der Waals surface area contributed by atoms with Crippen LogP contribution in [0.1, 0.15) is 30.2 Å². The molecule has 0 aliphatic carbocycles. The fourth-order valence-corrected chi connectivity index (χ4v) is 2.37. The van der Waals surface area contributed by atoms with Crippen LogP contribution >= 0.6 is 11.3 Å². The summed E-state index contributed by atoms with van der Waals surface area (Å²) >= 11 is 1.47. The lowest BCUT2D eigenvalue weighted by molar-refractivity contribution is 0.262. The van der Waals surface area contributed by atoms with Crippen molar-refractivity contribution in [1.82, 2.24) is 4.98 Å². The van der Waals surface area contributed by atoms with Gasteiger partial charge in [0.1, 0.15) is 0 Å². The average Bonchev–Trinajstić information content (AvgIpc) is 2.87. The molecule has 2 aromatic rings. The highest BCUT2D eigenvalue weighted by atomic mass is 32.1. The maximum absolute atomic E-state index is 11.9. The molecule has 1 aromatic heterocycles. The van der Waals surface area contributed by atoms with Gasteiger partial charge in [-0.25, -0.2) is 9.78 Å². The molecule has 2 N–H and O–H groups in total. The molecule has 2 rings (SSSR count). The minimum Gasteiger partial charge on any atom is -0.308 e. The third-order valence-electron chi connectivity index (χ3n) is 2.60. The Morgan fingerprint density at radius 1 is 1.40 bits per heavy atom. The molecule has 2 amide bonds. The van der Waals surface area contributed by atoms with Crippen LogP contribution in [-0.2, 0) is 0 Å². The van der Waals surface area contributed by atoms with E-state index in [1.54, 1.807) is 30.5 Å². The van der Waals surface area contributed by atoms with Gasteiger partial charge in [-0.1, -0.05) is 25.8 Å². The van der Waals surface area contributed by atoms with Crippen molar-refractivity contribution in [2.75, 3.05) is 10.6 Å². The van der Waals surface area contributed by atoms with Crippen molar-refractivity contribution >= 4 is 28.2 Å². The standard InChI is InChI=1S/C15H15N3OS/c1-4-11-6-5-7-12(8-11)17-14(19)18-15-16-9-13(20-15)10(2)3/h1,5-10H,2-3H3,(H2,16,17,18,19). The van der Waals surface area contributed by atoms with Gasteiger partial charge >= 0.3 is 6.03 Å². The summed E-state index contributed by atoms with van der Waals surface area (Å²) in [6, 6.07) is 6.79. The first-order chi connectivity index (χ1) is 9.58. The largest absolute Gasteiger partial charge is 0.325 e. The van der Waals surface area contributed by atoms with E-state index >= 15 is 0 Å². The van der Waals surface area contributed by atoms with Gasteiger partial charge in [-0.3, -0.25) is 5.32 Å². The molecule has 0 atom stereocenters. The third kappa shape index (κ3) is 3.59. The monoisotopic (exact) mass is 285 g/mol. The predicted octanol–water partition coefficient (Wildman–Crippen LogP) is 3.89. The Morgan fingerprint density at radius 2 is 2.20 bits per heavy atom. The first kappa shape index (κ1) is 14.1. The van der Waals surface area contributed by atoms with Crippen LogP contribution in [0, 0.1) is 12.3 Å². The van der Waals surface area contributed by atoms with Gasteiger partial charge in [0.15, 0.2) is 5.13 Å². The fourth-order valence-electron chi connectivity index (χ4n) is 1.56. The van der Waals surface area contributed by atoms with Crippen LogP contribution in [0.3, 0.4) is 0 Å². The number of thiazole rings is 1. The summed E-state index contributed by atoms with van der Waals surface area (Å²) in [6.45, 7) is 4.17. The molecule has 0 fully saturated rings. The van der Waals surface area contributed by atoms with E-state index in [9.17, 15) is 4.79 Å². The fraction of sp³-hybridized carbons (Fsp3) is 0.200. The molecular weight excluding hydrogens is 270 g/mol. The van der Waals surface area contributed by atoms with E-state index in [-0.39, 0.29) is 6.03 Å². The minimum absolute atomic E-state index is 0.330. The van der Waals surface area contributed by atoms with Gasteiger partial charge in [0.2, 0.25) is 0 Å². The number of anilines is 2. The molecule has 0 aliphatic rings. The molecule has 1 aromatic carbocycles. The lowest BCUT2D eigenvalue weighted by atomic mass is 10.2. The Hall–Kier alpha value is -2.32. The second kappa shape index (κ2) is 6.22. The van der Waals surface area contributed by atoms with Crippen LogP contribution < -0.4 is 10.6 Å². The molecule has 102 valence electrons. The molecule has 0 spiro atoms. The summed E-state index contributed by atoms with van der Waals surface area (Å²) in [6.07, 6.45) is 7.10. The first-order valence-electron chi connectivity index (χ1n) is 6.19. The van der Waals surface area contributed by atoms with Gasteiger partial charge in [0.25, 0.3) is 0 Å². The molecule has 0 saturated heterocycles. The Labute approximate surface area is 122 Å². The minimum atomic E-state index is -0.330. The zero-order chi connectivity index (χ0) is 14.5. The summed E-state index contributed by atoms with van der Waals surface area (Å²) in [7, 11) is 0. The number of nitrogens with one attached hydrogen (secondary N) is 2. The van der Waals surface area contributed by atoms with Crippen LogP contribution in [0.2, 0.25) is 0 Å². The van der Waals surface area contributed by atoms with E-state index in [1.807, 2.05) is 0 Å². The maximum atomic E-state index is 11.9. The first-order valence-corrected chi connectivity index (χ1v) is 7.00. The zero-order valence-corrected chi connectivity index (χ0v) is 12.1. The van der Waals surface area contributed by atoms with Crippen molar-refractivity contribution in [3.8, 4) is 12.3 Å². The van der Waals surface area contributed by atoms with Crippen LogP contribution in [0.5, 0.6) is 0 Å². The van der Waals surface area contributed by atoms with Crippen molar-refractivity contribution in [3.63, 3.8) is 0 Å². The Bertz CT molecular complexity index is 655. The summed E-state index contributed by atoms with van der Waals surface area (Å²) < 4.78 is 0. The molecular formula is C15H15N3OS. The average molecular weight is 285 g/mol. The lowest BCUT2D eigenvalue weighted by Crippen LogP contribution is -2.19. The zero-order valence-electron chi connectivity index (χ0n) is 11.3. The number of rotatable bonds is 3. The normalized spacial score (nSPS) is 10.1. The smallest absolute Gasteiger partial charge is 0.308 e. The molecule has 0 saturated carbocycles. The van der Waals surface area contributed by atoms with Gasteiger partial charge in [-0.2, -0.15) is 0 Å². The third-order valence-corrected chi connectivity index (χ3v) is 3.81. The summed E-state index contributed by atoms with van der Waals surface area (Å²) in [5, 5.41) is 6.02. The lowest BCUT2D eigenvalue weighted by Gasteiger charge is -2.05. The van der Waals surface area contributed by atoms with Crippen molar-refractivity contribution in [2.45, 2.75) is 19.8 Å². The van der Waals surface area contributed by atoms with Gasteiger partial charge < -0.3 is 5.32 Å². The van der Waals surface area contributed by atoms with E-state index in [1.165, 1.54) is 11.3 Å². The molecule has 0 radical (unpaired) electrons. The van der Waals surface area contributed by atoms with Crippen molar-refractivity contribution in [1.29, 1.82) is 0 Å². The van der Waals surface area contributed by atoms with Crippen molar-refractivity contribution in [2.24, 2.45) is 0 Å². The molecule has 0 bridgehead atoms. The number of urea groups is 1. The highest BCUT2D eigenvalue weighted by molar-refractivity contribution is 7.15. The van der Waals surface area contributed by atoms with E-state index in [0.29, 0.717) is 16.7 Å². The Morgan fingerprint density at radius 3 is 2.85 bits per heavy atom. The second-order valence-electron chi connectivity index (χ2n) is 4.53. The highest BCUT2D eigenvalue weighted by Gasteiger charge is 2.08. The molecule has 4 nitrogen and oxygen atoms in total. The number of carbonyl (C=O) groups excluding carboxylic acids is 1. The second-order valence-corrected chi connectivity index (χ2v) is 5.59. The number of benzene rings is 1. The summed E-state index contributed by atoms with van der Waals surface area (Å²) in [4.78, 5) is 17.2. The summed E-state index contributed by atoms with van der Waals surface area (Å²) in [5.41, 5.74) is 1.37. The number of carbonyl (C=O) groups is 1. The van der Waals surface area contributed by atoms with E-state index < -0.39 is 0 Å². The van der Waals surface area contributed by atoms with E-state index in [0.717, 1.165) is 10.4 Å². The van der Waals surface area contributed by atoms with Crippen molar-refractivity contribution < 1.29 is 4.79 Å². The van der Waals surface area contributed by atoms with E-state index in [2.05, 4.69) is 35.4 Å². The topological polar surface area (TPSA) is 54.0 Å². The Kier molecular flexibility index (Phi) is 4.38. The Balaban J connectivity index is 1.99. The number of hydrogen-bond acceptors (Lipinski definition) is 3. The van der Waals surface area contributed by atoms with Crippen molar-refractivity contribution in [3.05, 3.63) is 40.9 Å². The molecule has 1 heterocycles. The molecule has 0 aliphatic heterocycles. The van der Waals surface area contributed by atoms with Crippen LogP contribution in [0.4, 0.5) is 15.6 Å². The maximum Gasteiger partial charge on any atom is 0.325 e. The van der Waals surface area contributed by atoms with Crippen LogP contribution in [0.15, 0.2) is 30.5 Å². The van der Waals surface area contributed by atoms with Crippen LogP contribution in [-0.4, -0.2) is 11.0 Å². The number of amides is 2. The predicted molar refractivity (Wildman–Crippen MR) is 83.2 cm³/mol. The van der Waals surface area contributed by atoms with Gasteiger partial charge in [0, 0.05) is 22.3 Å². The number of aromatic nitrogens is 1. The molecule has 20 heavy (non-hydrogen) atoms. The summed E-state index contributed by atoms with van der Waals surface area (Å²) in [5.74, 6) is 2.93. The van der Waals surface area contributed by atoms with E-state index in [4.69, 9.17) is 6.42 Å². The molecule has 0 unspecified atom stereocenters. The molecule has 5 heteroatoms. The van der Waals surface area contributed by atoms with Gasteiger partial charge in [0.05, 0.1) is 0 Å². The SMILES string of the molecule is C#Cc1cccc(NC(=O)Nc2ncc(C(C)C)s2)c1. The van der Waals surface area contributed by atoms with Gasteiger partial charge in [-0.15, -0.1) is 17.8 Å². The number of hydrogen-bond donors (Lipinski definition) is 2. The quantitative estimate of drug-likeness (QED) is 0.841.